The van der Waals surface area contributed by atoms with Gasteiger partial charge in [0.05, 0.1) is 0 Å². The molecule has 0 aliphatic carbocycles. The first kappa shape index (κ1) is 13.1. The maximum absolute atomic E-state index is 11.3. The molecule has 0 amide bonds. The van der Waals surface area contributed by atoms with Gasteiger partial charge in [-0.3, -0.25) is 0 Å². The lowest BCUT2D eigenvalue weighted by molar-refractivity contribution is 0.0698. The standard InChI is InChI=1S/C11H7ClO4S2/c12-18(15,16)9-6-8(17-10(9)11(13)14)7-4-2-1-3-5-7/h1-6H,(H,13,14). The summed E-state index contributed by atoms with van der Waals surface area (Å²) in [5.41, 5.74) is 0.747. The zero-order valence-electron chi connectivity index (χ0n) is 8.83. The Balaban J connectivity index is 2.64. The molecule has 2 rings (SSSR count). The molecular weight excluding hydrogens is 296 g/mol. The number of halogens is 1. The van der Waals surface area contributed by atoms with Gasteiger partial charge in [0.1, 0.15) is 9.77 Å². The number of rotatable bonds is 3. The summed E-state index contributed by atoms with van der Waals surface area (Å²) in [6.07, 6.45) is 0. The molecule has 0 saturated heterocycles. The summed E-state index contributed by atoms with van der Waals surface area (Å²) >= 11 is 0.884. The van der Waals surface area contributed by atoms with Crippen molar-refractivity contribution in [1.29, 1.82) is 0 Å². The largest absolute Gasteiger partial charge is 0.477 e. The van der Waals surface area contributed by atoms with Crippen LogP contribution in [0.1, 0.15) is 9.67 Å². The van der Waals surface area contributed by atoms with Crippen LogP contribution in [0.2, 0.25) is 0 Å². The molecule has 94 valence electrons. The summed E-state index contributed by atoms with van der Waals surface area (Å²) in [6.45, 7) is 0. The second kappa shape index (κ2) is 4.72. The van der Waals surface area contributed by atoms with E-state index in [1.54, 1.807) is 24.3 Å². The van der Waals surface area contributed by atoms with Crippen LogP contribution >= 0.6 is 22.0 Å². The zero-order chi connectivity index (χ0) is 13.3. The average molecular weight is 303 g/mol. The van der Waals surface area contributed by atoms with E-state index in [0.717, 1.165) is 16.9 Å². The lowest BCUT2D eigenvalue weighted by atomic mass is 10.2. The first-order valence-corrected chi connectivity index (χ1v) is 7.89. The minimum atomic E-state index is -4.06. The van der Waals surface area contributed by atoms with E-state index in [4.69, 9.17) is 15.8 Å². The third-order valence-electron chi connectivity index (χ3n) is 2.21. The fraction of sp³-hybridized carbons (Fsp3) is 0. The lowest BCUT2D eigenvalue weighted by Crippen LogP contribution is -1.99. The van der Waals surface area contributed by atoms with Crippen LogP contribution in [-0.4, -0.2) is 19.5 Å². The van der Waals surface area contributed by atoms with Crippen molar-refractivity contribution in [2.24, 2.45) is 0 Å². The van der Waals surface area contributed by atoms with Crippen molar-refractivity contribution in [3.8, 4) is 10.4 Å². The second-order valence-corrected chi connectivity index (χ2v) is 7.00. The molecule has 0 fully saturated rings. The van der Waals surface area contributed by atoms with Crippen LogP contribution in [0.15, 0.2) is 41.3 Å². The normalized spacial score (nSPS) is 11.4. The molecule has 0 unspecified atom stereocenters. The van der Waals surface area contributed by atoms with Crippen molar-refractivity contribution in [2.45, 2.75) is 4.90 Å². The number of carbonyl (C=O) groups is 1. The average Bonchev–Trinajstić information content (AvgIpc) is 2.74. The molecule has 0 saturated carbocycles. The van der Waals surface area contributed by atoms with Crippen molar-refractivity contribution in [3.63, 3.8) is 0 Å². The first-order valence-electron chi connectivity index (χ1n) is 4.77. The molecular formula is C11H7ClO4S2. The molecule has 1 heterocycles. The highest BCUT2D eigenvalue weighted by molar-refractivity contribution is 8.13. The number of hydrogen-bond donors (Lipinski definition) is 1. The molecule has 1 aromatic carbocycles. The number of benzene rings is 1. The van der Waals surface area contributed by atoms with Gasteiger partial charge in [0.2, 0.25) is 0 Å². The maximum atomic E-state index is 11.3. The van der Waals surface area contributed by atoms with E-state index in [-0.39, 0.29) is 9.77 Å². The van der Waals surface area contributed by atoms with Crippen molar-refractivity contribution in [3.05, 3.63) is 41.3 Å². The summed E-state index contributed by atoms with van der Waals surface area (Å²) in [7, 11) is 1.16. The topological polar surface area (TPSA) is 71.4 Å². The van der Waals surface area contributed by atoms with E-state index in [9.17, 15) is 13.2 Å². The molecule has 0 spiro atoms. The molecule has 0 atom stereocenters. The molecule has 4 nitrogen and oxygen atoms in total. The van der Waals surface area contributed by atoms with E-state index in [0.29, 0.717) is 4.88 Å². The van der Waals surface area contributed by atoms with Gasteiger partial charge in [-0.25, -0.2) is 13.2 Å². The minimum Gasteiger partial charge on any atom is -0.477 e. The Bertz CT molecular complexity index is 689. The summed E-state index contributed by atoms with van der Waals surface area (Å²) in [5.74, 6) is -1.30. The number of carboxylic acids is 1. The van der Waals surface area contributed by atoms with E-state index in [2.05, 4.69) is 0 Å². The molecule has 1 aromatic heterocycles. The summed E-state index contributed by atoms with van der Waals surface area (Å²) in [5, 5.41) is 8.98. The number of aromatic carboxylic acids is 1. The van der Waals surface area contributed by atoms with E-state index in [1.165, 1.54) is 6.07 Å². The van der Waals surface area contributed by atoms with Crippen molar-refractivity contribution in [1.82, 2.24) is 0 Å². The van der Waals surface area contributed by atoms with Gasteiger partial charge >= 0.3 is 5.97 Å². The minimum absolute atomic E-state index is 0.274. The summed E-state index contributed by atoms with van der Waals surface area (Å²) in [6, 6.07) is 10.2. The van der Waals surface area contributed by atoms with Crippen LogP contribution in [-0.2, 0) is 9.05 Å². The molecule has 2 aromatic rings. The lowest BCUT2D eigenvalue weighted by Gasteiger charge is -1.93. The highest BCUT2D eigenvalue weighted by Crippen LogP contribution is 2.35. The van der Waals surface area contributed by atoms with Crippen LogP contribution in [0.4, 0.5) is 0 Å². The number of thiophene rings is 1. The van der Waals surface area contributed by atoms with Crippen molar-refractivity contribution >= 4 is 37.0 Å². The van der Waals surface area contributed by atoms with Crippen LogP contribution in [0.25, 0.3) is 10.4 Å². The molecule has 0 aliphatic heterocycles. The van der Waals surface area contributed by atoms with Crippen molar-refractivity contribution < 1.29 is 18.3 Å². The summed E-state index contributed by atoms with van der Waals surface area (Å²) in [4.78, 5) is 10.9. The highest BCUT2D eigenvalue weighted by Gasteiger charge is 2.24. The van der Waals surface area contributed by atoms with Gasteiger partial charge in [0, 0.05) is 15.6 Å². The summed E-state index contributed by atoms with van der Waals surface area (Å²) < 4.78 is 22.6. The Hall–Kier alpha value is -1.37. The first-order chi connectivity index (χ1) is 8.39. The Kier molecular flexibility index (Phi) is 3.43. The third-order valence-corrected chi connectivity index (χ3v) is 4.86. The van der Waals surface area contributed by atoms with E-state index >= 15 is 0 Å². The van der Waals surface area contributed by atoms with Gasteiger partial charge in [-0.05, 0) is 11.6 Å². The zero-order valence-corrected chi connectivity index (χ0v) is 11.2. The SMILES string of the molecule is O=C(O)c1sc(-c2ccccc2)cc1S(=O)(=O)Cl. The second-order valence-electron chi connectivity index (χ2n) is 3.41. The van der Waals surface area contributed by atoms with Gasteiger partial charge in [-0.1, -0.05) is 30.3 Å². The molecule has 1 N–H and O–H groups in total. The van der Waals surface area contributed by atoms with Gasteiger partial charge in [0.25, 0.3) is 9.05 Å². The van der Waals surface area contributed by atoms with Gasteiger partial charge in [0.15, 0.2) is 0 Å². The Morgan fingerprint density at radius 2 is 1.83 bits per heavy atom. The van der Waals surface area contributed by atoms with Crippen LogP contribution in [0, 0.1) is 0 Å². The van der Waals surface area contributed by atoms with E-state index < -0.39 is 15.0 Å². The Labute approximate surface area is 112 Å². The number of carboxylic acid groups (broad SMARTS) is 1. The molecule has 18 heavy (non-hydrogen) atoms. The predicted octanol–water partition coefficient (Wildman–Crippen LogP) is 3.04. The van der Waals surface area contributed by atoms with Crippen molar-refractivity contribution in [2.75, 3.05) is 0 Å². The third kappa shape index (κ3) is 2.55. The van der Waals surface area contributed by atoms with Crippen LogP contribution in [0.3, 0.4) is 0 Å². The van der Waals surface area contributed by atoms with Gasteiger partial charge in [-0.2, -0.15) is 0 Å². The monoisotopic (exact) mass is 302 g/mol. The predicted molar refractivity (Wildman–Crippen MR) is 69.8 cm³/mol. The molecule has 0 bridgehead atoms. The quantitative estimate of drug-likeness (QED) is 0.885. The highest BCUT2D eigenvalue weighted by atomic mass is 35.7. The number of hydrogen-bond acceptors (Lipinski definition) is 4. The van der Waals surface area contributed by atoms with E-state index in [1.807, 2.05) is 6.07 Å². The van der Waals surface area contributed by atoms with Gasteiger partial charge in [-0.15, -0.1) is 11.3 Å². The molecule has 0 radical (unpaired) electrons. The Morgan fingerprint density at radius 1 is 1.22 bits per heavy atom. The fourth-order valence-electron chi connectivity index (χ4n) is 1.45. The molecule has 0 aliphatic rings. The van der Waals surface area contributed by atoms with Crippen LogP contribution < -0.4 is 0 Å². The fourth-order valence-corrected chi connectivity index (χ4v) is 3.95. The smallest absolute Gasteiger partial charge is 0.347 e. The Morgan fingerprint density at radius 3 is 2.28 bits per heavy atom. The van der Waals surface area contributed by atoms with Gasteiger partial charge < -0.3 is 5.11 Å². The maximum Gasteiger partial charge on any atom is 0.347 e. The van der Waals surface area contributed by atoms with Crippen LogP contribution in [0.5, 0.6) is 0 Å². The molecule has 7 heteroatoms.